The molecule has 1 fully saturated rings. The molecule has 1 aromatic heterocycles. The molecular weight excluding hydrogens is 254 g/mol. The number of hydrogen-bond donors (Lipinski definition) is 2. The fraction of sp³-hybridized carbons (Fsp3) is 0.545. The first-order valence-electron chi connectivity index (χ1n) is 5.94. The molecule has 0 spiro atoms. The summed E-state index contributed by atoms with van der Waals surface area (Å²) in [6.07, 6.45) is 2.25. The van der Waals surface area contributed by atoms with Crippen molar-refractivity contribution in [1.29, 1.82) is 0 Å². The van der Waals surface area contributed by atoms with Crippen LogP contribution in [0.15, 0.2) is 4.99 Å². The summed E-state index contributed by atoms with van der Waals surface area (Å²) in [7, 11) is 1.57. The summed E-state index contributed by atoms with van der Waals surface area (Å²) in [6.45, 7) is 1.58. The number of ether oxygens (including phenoxy) is 1. The lowest BCUT2D eigenvalue weighted by molar-refractivity contribution is 0.397. The molecule has 7 heteroatoms. The largest absolute Gasteiger partial charge is 0.479 e. The molecule has 96 valence electrons. The molecule has 1 aliphatic carbocycles. The molecule has 3 rings (SSSR count). The fourth-order valence-corrected chi connectivity index (χ4v) is 2.02. The molecule has 0 radical (unpaired) electrons. The van der Waals surface area contributed by atoms with Crippen molar-refractivity contribution in [3.8, 4) is 5.88 Å². The van der Waals surface area contributed by atoms with Crippen LogP contribution in [0.3, 0.4) is 0 Å². The Hall–Kier alpha value is -1.56. The van der Waals surface area contributed by atoms with Gasteiger partial charge in [-0.3, -0.25) is 4.99 Å². The van der Waals surface area contributed by atoms with E-state index in [1.54, 1.807) is 7.11 Å². The molecule has 6 nitrogen and oxygen atoms in total. The lowest BCUT2D eigenvalue weighted by Crippen LogP contribution is -2.27. The van der Waals surface area contributed by atoms with Gasteiger partial charge in [0.05, 0.1) is 13.7 Å². The lowest BCUT2D eigenvalue weighted by atomic mass is 10.4. The fourth-order valence-electron chi connectivity index (χ4n) is 1.81. The summed E-state index contributed by atoms with van der Waals surface area (Å²) in [5.74, 6) is 2.35. The molecular formula is C11H14ClN5O. The van der Waals surface area contributed by atoms with Crippen molar-refractivity contribution >= 4 is 23.2 Å². The van der Waals surface area contributed by atoms with Crippen LogP contribution >= 0.6 is 11.6 Å². The maximum Gasteiger partial charge on any atom is 0.242 e. The lowest BCUT2D eigenvalue weighted by Gasteiger charge is -2.12. The van der Waals surface area contributed by atoms with Crippen LogP contribution < -0.4 is 15.4 Å². The highest BCUT2D eigenvalue weighted by Gasteiger charge is 2.29. The van der Waals surface area contributed by atoms with Gasteiger partial charge in [0.15, 0.2) is 11.1 Å². The molecule has 2 heterocycles. The number of halogens is 1. The van der Waals surface area contributed by atoms with Gasteiger partial charge < -0.3 is 15.4 Å². The van der Waals surface area contributed by atoms with E-state index in [0.29, 0.717) is 28.6 Å². The topological polar surface area (TPSA) is 71.4 Å². The van der Waals surface area contributed by atoms with Crippen molar-refractivity contribution in [2.75, 3.05) is 25.5 Å². The van der Waals surface area contributed by atoms with E-state index in [1.165, 1.54) is 0 Å². The molecule has 0 bridgehead atoms. The molecule has 0 saturated heterocycles. The number of hydrogen-bond acceptors (Lipinski definition) is 6. The normalized spacial score (nSPS) is 18.2. The number of nitrogens with one attached hydrogen (secondary N) is 2. The van der Waals surface area contributed by atoms with Gasteiger partial charge in [-0.2, -0.15) is 4.98 Å². The van der Waals surface area contributed by atoms with E-state index in [4.69, 9.17) is 16.3 Å². The summed E-state index contributed by atoms with van der Waals surface area (Å²) in [5.41, 5.74) is 0.566. The summed E-state index contributed by atoms with van der Waals surface area (Å²) >= 11 is 6.19. The number of methoxy groups -OCH3 is 1. The highest BCUT2D eigenvalue weighted by atomic mass is 35.5. The molecule has 0 unspecified atom stereocenters. The zero-order chi connectivity index (χ0) is 12.5. The second kappa shape index (κ2) is 4.61. The smallest absolute Gasteiger partial charge is 0.242 e. The number of guanidine groups is 1. The third-order valence-electron chi connectivity index (χ3n) is 2.90. The summed E-state index contributed by atoms with van der Waals surface area (Å²) in [6, 6.07) is 0. The molecule has 2 aliphatic rings. The highest BCUT2D eigenvalue weighted by molar-refractivity contribution is 6.32. The average Bonchev–Trinajstić information content (AvgIpc) is 3.10. The Morgan fingerprint density at radius 1 is 1.39 bits per heavy atom. The number of anilines is 1. The van der Waals surface area contributed by atoms with Crippen LogP contribution in [0.5, 0.6) is 5.88 Å². The maximum absolute atomic E-state index is 6.19. The standard InChI is InChI=1S/C11H14ClN5O/c1-18-10-7(15-11-13-4-5-14-11)8(12)16-9(17-10)6-2-3-6/h6H,2-5H2,1H3,(H2,13,14,15). The van der Waals surface area contributed by atoms with Crippen molar-refractivity contribution in [3.63, 3.8) is 0 Å². The highest BCUT2D eigenvalue weighted by Crippen LogP contribution is 2.41. The number of rotatable bonds is 3. The predicted molar refractivity (Wildman–Crippen MR) is 69.5 cm³/mol. The van der Waals surface area contributed by atoms with Gasteiger partial charge in [-0.15, -0.1) is 0 Å². The minimum absolute atomic E-state index is 0.375. The Kier molecular flexibility index (Phi) is 2.95. The molecule has 0 aromatic carbocycles. The molecule has 1 aromatic rings. The average molecular weight is 268 g/mol. The Labute approximate surface area is 110 Å². The first kappa shape index (κ1) is 11.5. The van der Waals surface area contributed by atoms with Crippen LogP contribution in [0.1, 0.15) is 24.6 Å². The Morgan fingerprint density at radius 2 is 2.22 bits per heavy atom. The number of aliphatic imine (C=N–C) groups is 1. The van der Waals surface area contributed by atoms with Gasteiger partial charge in [-0.1, -0.05) is 11.6 Å². The monoisotopic (exact) mass is 267 g/mol. The van der Waals surface area contributed by atoms with E-state index < -0.39 is 0 Å². The molecule has 18 heavy (non-hydrogen) atoms. The van der Waals surface area contributed by atoms with Gasteiger partial charge in [-0.25, -0.2) is 4.98 Å². The number of nitrogens with zero attached hydrogens (tertiary/aromatic N) is 3. The quantitative estimate of drug-likeness (QED) is 0.810. The van der Waals surface area contributed by atoms with Crippen LogP contribution in [0.2, 0.25) is 5.15 Å². The summed E-state index contributed by atoms with van der Waals surface area (Å²) in [5, 5.41) is 6.55. The van der Waals surface area contributed by atoms with Crippen molar-refractivity contribution in [2.24, 2.45) is 4.99 Å². The maximum atomic E-state index is 6.19. The van der Waals surface area contributed by atoms with Gasteiger partial charge in [0, 0.05) is 12.5 Å². The minimum Gasteiger partial charge on any atom is -0.479 e. The molecule has 2 N–H and O–H groups in total. The van der Waals surface area contributed by atoms with Gasteiger partial charge in [0.1, 0.15) is 11.5 Å². The van der Waals surface area contributed by atoms with Crippen molar-refractivity contribution in [3.05, 3.63) is 11.0 Å². The first-order chi connectivity index (χ1) is 8.78. The van der Waals surface area contributed by atoms with Crippen LogP contribution in [-0.4, -0.2) is 36.1 Å². The number of aromatic nitrogens is 2. The zero-order valence-corrected chi connectivity index (χ0v) is 10.8. The van der Waals surface area contributed by atoms with Gasteiger partial charge >= 0.3 is 0 Å². The van der Waals surface area contributed by atoms with Crippen LogP contribution in [0.25, 0.3) is 0 Å². The van der Waals surface area contributed by atoms with Gasteiger partial charge in [0.2, 0.25) is 5.88 Å². The van der Waals surface area contributed by atoms with Gasteiger partial charge in [0.25, 0.3) is 0 Å². The van der Waals surface area contributed by atoms with Crippen LogP contribution in [-0.2, 0) is 0 Å². The second-order valence-electron chi connectivity index (χ2n) is 4.31. The van der Waals surface area contributed by atoms with Crippen LogP contribution in [0, 0.1) is 0 Å². The minimum atomic E-state index is 0.375. The molecule has 1 aliphatic heterocycles. The second-order valence-corrected chi connectivity index (χ2v) is 4.67. The van der Waals surface area contributed by atoms with E-state index in [9.17, 15) is 0 Å². The van der Waals surface area contributed by atoms with Crippen molar-refractivity contribution in [2.45, 2.75) is 18.8 Å². The van der Waals surface area contributed by atoms with Crippen LogP contribution in [0.4, 0.5) is 5.69 Å². The van der Waals surface area contributed by atoms with Crippen molar-refractivity contribution in [1.82, 2.24) is 15.3 Å². The van der Waals surface area contributed by atoms with Gasteiger partial charge in [-0.05, 0) is 12.8 Å². The summed E-state index contributed by atoms with van der Waals surface area (Å²) < 4.78 is 5.27. The summed E-state index contributed by atoms with van der Waals surface area (Å²) in [4.78, 5) is 12.9. The van der Waals surface area contributed by atoms with E-state index in [1.807, 2.05) is 0 Å². The SMILES string of the molecule is COc1nc(C2CC2)nc(Cl)c1NC1=NCCN1. The first-order valence-corrected chi connectivity index (χ1v) is 6.32. The van der Waals surface area contributed by atoms with E-state index in [0.717, 1.165) is 31.8 Å². The van der Waals surface area contributed by atoms with E-state index >= 15 is 0 Å². The zero-order valence-electron chi connectivity index (χ0n) is 10.0. The Morgan fingerprint density at radius 3 is 2.83 bits per heavy atom. The molecule has 1 saturated carbocycles. The Bertz CT molecular complexity index is 500. The predicted octanol–water partition coefficient (Wildman–Crippen LogP) is 1.39. The van der Waals surface area contributed by atoms with Crippen molar-refractivity contribution < 1.29 is 4.74 Å². The third-order valence-corrected chi connectivity index (χ3v) is 3.18. The Balaban J connectivity index is 1.91. The molecule has 0 atom stereocenters. The van der Waals surface area contributed by atoms with E-state index in [-0.39, 0.29) is 0 Å². The van der Waals surface area contributed by atoms with E-state index in [2.05, 4.69) is 25.6 Å². The molecule has 0 amide bonds. The third kappa shape index (κ3) is 2.20.